The summed E-state index contributed by atoms with van der Waals surface area (Å²) in [4.78, 5) is 30.2. The first kappa shape index (κ1) is 26.3. The maximum absolute atomic E-state index is 14.0. The lowest BCUT2D eigenvalue weighted by Gasteiger charge is -2.49. The van der Waals surface area contributed by atoms with E-state index in [4.69, 9.17) is 23.2 Å². The number of amides is 1. The van der Waals surface area contributed by atoms with E-state index in [2.05, 4.69) is 11.8 Å². The Labute approximate surface area is 221 Å². The smallest absolute Gasteiger partial charge is 0.304 e. The first-order valence-corrected chi connectivity index (χ1v) is 14.1. The van der Waals surface area contributed by atoms with Crippen molar-refractivity contribution in [3.05, 3.63) is 69.7 Å². The van der Waals surface area contributed by atoms with E-state index in [1.807, 2.05) is 65.2 Å². The maximum atomic E-state index is 14.0. The van der Waals surface area contributed by atoms with Crippen LogP contribution < -0.4 is 0 Å². The fourth-order valence-electron chi connectivity index (χ4n) is 5.47. The van der Waals surface area contributed by atoms with Gasteiger partial charge in [0.2, 0.25) is 5.91 Å². The first-order chi connectivity index (χ1) is 16.9. The van der Waals surface area contributed by atoms with Crippen molar-refractivity contribution >= 4 is 46.8 Å². The van der Waals surface area contributed by atoms with Crippen molar-refractivity contribution in [2.45, 2.75) is 44.2 Å². The van der Waals surface area contributed by atoms with Gasteiger partial charge in [0, 0.05) is 59.1 Å². The Morgan fingerprint density at radius 3 is 2.43 bits per heavy atom. The Morgan fingerprint density at radius 1 is 1.09 bits per heavy atom. The fraction of sp³-hybridized carbons (Fsp3) is 0.481. The van der Waals surface area contributed by atoms with E-state index in [0.29, 0.717) is 16.5 Å². The van der Waals surface area contributed by atoms with Gasteiger partial charge in [-0.15, -0.1) is 0 Å². The van der Waals surface area contributed by atoms with Crippen molar-refractivity contribution in [3.8, 4) is 0 Å². The van der Waals surface area contributed by atoms with Crippen LogP contribution in [-0.4, -0.2) is 64.0 Å². The summed E-state index contributed by atoms with van der Waals surface area (Å²) in [5, 5.41) is 10.9. The molecule has 0 bridgehead atoms. The summed E-state index contributed by atoms with van der Waals surface area (Å²) in [5.74, 6) is 0.521. The van der Waals surface area contributed by atoms with E-state index >= 15 is 0 Å². The van der Waals surface area contributed by atoms with Crippen LogP contribution in [0.2, 0.25) is 10.0 Å². The third-order valence-electron chi connectivity index (χ3n) is 7.17. The van der Waals surface area contributed by atoms with Crippen LogP contribution in [0.4, 0.5) is 0 Å². The van der Waals surface area contributed by atoms with Crippen molar-refractivity contribution in [2.75, 3.05) is 31.1 Å². The Hall–Kier alpha value is -1.73. The van der Waals surface area contributed by atoms with Crippen molar-refractivity contribution in [1.29, 1.82) is 0 Å². The quantitative estimate of drug-likeness (QED) is 0.452. The SMILES string of the molecule is CC[C@@H](CN1CCSCC1)N1C(=O)[C@@H](CC(=O)O)C[C@H](c2cccc(Cl)c2)[C@H]1c1ccc(Cl)cc1. The highest BCUT2D eigenvalue weighted by Gasteiger charge is 2.46. The highest BCUT2D eigenvalue weighted by Crippen LogP contribution is 2.47. The zero-order valence-electron chi connectivity index (χ0n) is 19.9. The van der Waals surface area contributed by atoms with Gasteiger partial charge in [-0.2, -0.15) is 11.8 Å². The van der Waals surface area contributed by atoms with E-state index in [0.717, 1.165) is 48.7 Å². The summed E-state index contributed by atoms with van der Waals surface area (Å²) in [5.41, 5.74) is 2.03. The van der Waals surface area contributed by atoms with Gasteiger partial charge in [-0.05, 0) is 48.2 Å². The number of thioether (sulfide) groups is 1. The van der Waals surface area contributed by atoms with Gasteiger partial charge < -0.3 is 10.0 Å². The van der Waals surface area contributed by atoms with Crippen LogP contribution in [-0.2, 0) is 9.59 Å². The summed E-state index contributed by atoms with van der Waals surface area (Å²) in [7, 11) is 0. The molecule has 1 N–H and O–H groups in total. The Morgan fingerprint density at radius 2 is 1.80 bits per heavy atom. The molecule has 35 heavy (non-hydrogen) atoms. The van der Waals surface area contributed by atoms with Gasteiger partial charge in [0.15, 0.2) is 0 Å². The second-order valence-electron chi connectivity index (χ2n) is 9.41. The third kappa shape index (κ3) is 6.34. The predicted molar refractivity (Wildman–Crippen MR) is 143 cm³/mol. The molecule has 0 aromatic heterocycles. The maximum Gasteiger partial charge on any atom is 0.304 e. The number of benzene rings is 2. The number of hydrogen-bond donors (Lipinski definition) is 1. The van der Waals surface area contributed by atoms with Crippen LogP contribution in [0, 0.1) is 5.92 Å². The Kier molecular flexibility index (Phi) is 9.03. The minimum Gasteiger partial charge on any atom is -0.481 e. The van der Waals surface area contributed by atoms with Gasteiger partial charge in [0.25, 0.3) is 0 Å². The van der Waals surface area contributed by atoms with Gasteiger partial charge >= 0.3 is 5.97 Å². The highest BCUT2D eigenvalue weighted by atomic mass is 35.5. The van der Waals surface area contributed by atoms with Crippen LogP contribution >= 0.6 is 35.0 Å². The van der Waals surface area contributed by atoms with Crippen molar-refractivity contribution < 1.29 is 14.7 Å². The normalized spacial score (nSPS) is 24.4. The molecular formula is C27H32Cl2N2O3S. The van der Waals surface area contributed by atoms with E-state index < -0.39 is 11.9 Å². The first-order valence-electron chi connectivity index (χ1n) is 12.2. The van der Waals surface area contributed by atoms with Gasteiger partial charge in [-0.3, -0.25) is 14.5 Å². The van der Waals surface area contributed by atoms with Crippen LogP contribution in [0.1, 0.15) is 49.3 Å². The topological polar surface area (TPSA) is 60.9 Å². The number of aliphatic carboxylic acids is 1. The third-order valence-corrected chi connectivity index (χ3v) is 8.60. The minimum absolute atomic E-state index is 0.0236. The second kappa shape index (κ2) is 12.0. The van der Waals surface area contributed by atoms with E-state index in [1.165, 1.54) is 0 Å². The molecule has 4 atom stereocenters. The summed E-state index contributed by atoms with van der Waals surface area (Å²) in [6.07, 6.45) is 1.09. The van der Waals surface area contributed by atoms with Crippen LogP contribution in [0.3, 0.4) is 0 Å². The number of halogens is 2. The molecular weight excluding hydrogens is 503 g/mol. The molecule has 2 aliphatic heterocycles. The van der Waals surface area contributed by atoms with Crippen molar-refractivity contribution in [3.63, 3.8) is 0 Å². The average Bonchev–Trinajstić information content (AvgIpc) is 2.85. The van der Waals surface area contributed by atoms with Gasteiger partial charge in [0.1, 0.15) is 0 Å². The molecule has 188 valence electrons. The molecule has 2 aromatic carbocycles. The molecule has 2 heterocycles. The van der Waals surface area contributed by atoms with E-state index in [1.54, 1.807) is 0 Å². The largest absolute Gasteiger partial charge is 0.481 e. The molecule has 4 rings (SSSR count). The van der Waals surface area contributed by atoms with Crippen LogP contribution in [0.15, 0.2) is 48.5 Å². The molecule has 5 nitrogen and oxygen atoms in total. The Bertz CT molecular complexity index is 1030. The average molecular weight is 536 g/mol. The molecule has 0 aliphatic carbocycles. The number of likely N-dealkylation sites (tertiary alicyclic amines) is 1. The Balaban J connectivity index is 1.80. The highest BCUT2D eigenvalue weighted by molar-refractivity contribution is 7.99. The molecule has 1 amide bonds. The monoisotopic (exact) mass is 534 g/mol. The summed E-state index contributed by atoms with van der Waals surface area (Å²) in [6, 6.07) is 15.2. The molecule has 0 saturated carbocycles. The number of nitrogens with zero attached hydrogens (tertiary/aromatic N) is 2. The predicted octanol–water partition coefficient (Wildman–Crippen LogP) is 5.97. The van der Waals surface area contributed by atoms with Gasteiger partial charge in [-0.25, -0.2) is 0 Å². The molecule has 2 fully saturated rings. The second-order valence-corrected chi connectivity index (χ2v) is 11.5. The van der Waals surface area contributed by atoms with Gasteiger partial charge in [0.05, 0.1) is 12.5 Å². The standard InChI is InChI=1S/C27H32Cl2N2O3S/c1-2-23(17-30-10-12-35-13-11-30)31-26(18-6-8-21(28)9-7-18)24(19-4-3-5-22(29)14-19)15-20(27(31)34)16-25(32)33/h3-9,14,20,23-24,26H,2,10-13,15-17H2,1H3,(H,32,33)/t20-,23+,24-,26-/m1/s1. The summed E-state index contributed by atoms with van der Waals surface area (Å²) < 4.78 is 0. The number of rotatable bonds is 8. The molecule has 0 unspecified atom stereocenters. The number of carbonyl (C=O) groups is 2. The molecule has 2 aromatic rings. The molecule has 2 aliphatic rings. The zero-order chi connectivity index (χ0) is 24.9. The number of hydrogen-bond acceptors (Lipinski definition) is 4. The number of carboxylic acid groups (broad SMARTS) is 1. The summed E-state index contributed by atoms with van der Waals surface area (Å²) >= 11 is 14.6. The fourth-order valence-corrected chi connectivity index (χ4v) is 6.77. The van der Waals surface area contributed by atoms with Crippen LogP contribution in [0.25, 0.3) is 0 Å². The van der Waals surface area contributed by atoms with Crippen LogP contribution in [0.5, 0.6) is 0 Å². The lowest BCUT2D eigenvalue weighted by molar-refractivity contribution is -0.152. The van der Waals surface area contributed by atoms with Crippen molar-refractivity contribution in [1.82, 2.24) is 9.80 Å². The number of carbonyl (C=O) groups excluding carboxylic acids is 1. The van der Waals surface area contributed by atoms with Gasteiger partial charge in [-0.1, -0.05) is 54.4 Å². The molecule has 0 spiro atoms. The molecule has 2 saturated heterocycles. The molecule has 0 radical (unpaired) electrons. The van der Waals surface area contributed by atoms with Crippen molar-refractivity contribution in [2.24, 2.45) is 5.92 Å². The summed E-state index contributed by atoms with van der Waals surface area (Å²) in [6.45, 7) is 4.91. The molecule has 8 heteroatoms. The van der Waals surface area contributed by atoms with E-state index in [9.17, 15) is 14.7 Å². The van der Waals surface area contributed by atoms with E-state index in [-0.39, 0.29) is 30.3 Å². The minimum atomic E-state index is -0.945. The lowest BCUT2D eigenvalue weighted by Crippen LogP contribution is -2.55. The lowest BCUT2D eigenvalue weighted by atomic mass is 9.74. The zero-order valence-corrected chi connectivity index (χ0v) is 22.2. The number of carboxylic acids is 1. The number of piperidine rings is 1.